The predicted molar refractivity (Wildman–Crippen MR) is 108 cm³/mol. The highest BCUT2D eigenvalue weighted by atomic mass is 35.5. The Kier molecular flexibility index (Phi) is 4.77. The van der Waals surface area contributed by atoms with Crippen LogP contribution in [0.5, 0.6) is 0 Å². The molecule has 1 spiro atoms. The van der Waals surface area contributed by atoms with Crippen molar-refractivity contribution >= 4 is 39.2 Å². The van der Waals surface area contributed by atoms with Crippen molar-refractivity contribution in [2.24, 2.45) is 0 Å². The molecule has 9 heteroatoms. The summed E-state index contributed by atoms with van der Waals surface area (Å²) in [6.07, 6.45) is 0.831. The number of carboxylic acid groups (broad SMARTS) is 1. The van der Waals surface area contributed by atoms with Gasteiger partial charge in [-0.1, -0.05) is 29.8 Å². The molecule has 1 saturated heterocycles. The number of nitrogens with one attached hydrogen (secondary N) is 1. The van der Waals surface area contributed by atoms with E-state index >= 15 is 0 Å². The number of para-hydroxylation sites is 1. The van der Waals surface area contributed by atoms with Gasteiger partial charge in [0.2, 0.25) is 6.54 Å². The molecular formula is C20H20ClN2O5S+. The number of carboxylic acids is 1. The second-order valence-electron chi connectivity index (χ2n) is 7.37. The third-order valence-corrected chi connectivity index (χ3v) is 8.32. The van der Waals surface area contributed by atoms with E-state index in [1.54, 1.807) is 24.3 Å². The van der Waals surface area contributed by atoms with Crippen molar-refractivity contribution in [1.82, 2.24) is 9.21 Å². The number of carbonyl (C=O) groups excluding carboxylic acids is 1. The predicted octanol–water partition coefficient (Wildman–Crippen LogP) is 2.28. The minimum Gasteiger partial charge on any atom is -0.477 e. The molecule has 1 fully saturated rings. The normalized spacial score (nSPS) is 23.1. The van der Waals surface area contributed by atoms with Gasteiger partial charge < -0.3 is 10.4 Å². The second-order valence-corrected chi connectivity index (χ2v) is 9.86. The number of carbonyl (C=O) groups is 2. The Hall–Kier alpha value is -2.26. The molecule has 152 valence electrons. The van der Waals surface area contributed by atoms with E-state index in [2.05, 4.69) is 5.32 Å². The minimum atomic E-state index is -4.42. The molecule has 7 nitrogen and oxygen atoms in total. The van der Waals surface area contributed by atoms with Gasteiger partial charge in [0.1, 0.15) is 10.3 Å². The molecule has 0 bridgehead atoms. The van der Waals surface area contributed by atoms with Crippen LogP contribution < -0.4 is 9.21 Å². The number of sulfonamides is 1. The molecule has 2 aliphatic rings. The van der Waals surface area contributed by atoms with Crippen LogP contribution in [0, 0.1) is 0 Å². The summed E-state index contributed by atoms with van der Waals surface area (Å²) in [5.74, 6) is -1.96. The van der Waals surface area contributed by atoms with E-state index < -0.39 is 37.7 Å². The molecule has 1 atom stereocenters. The van der Waals surface area contributed by atoms with Crippen LogP contribution in [-0.2, 0) is 25.0 Å². The van der Waals surface area contributed by atoms with Crippen LogP contribution in [0.15, 0.2) is 53.4 Å². The third kappa shape index (κ3) is 2.74. The summed E-state index contributed by atoms with van der Waals surface area (Å²) >= 11 is 5.90. The monoisotopic (exact) mass is 435 g/mol. The number of quaternary nitrogens is 1. The zero-order valence-electron chi connectivity index (χ0n) is 15.5. The fourth-order valence-corrected chi connectivity index (χ4v) is 6.62. The highest BCUT2D eigenvalue weighted by Gasteiger charge is 2.68. The van der Waals surface area contributed by atoms with Gasteiger partial charge in [0.05, 0.1) is 0 Å². The quantitative estimate of drug-likeness (QED) is 0.714. The Labute approximate surface area is 173 Å². The number of benzene rings is 2. The van der Waals surface area contributed by atoms with Crippen LogP contribution in [0.25, 0.3) is 0 Å². The number of hydrogen-bond donors (Lipinski definition) is 2. The van der Waals surface area contributed by atoms with E-state index in [0.29, 0.717) is 36.5 Å². The summed E-state index contributed by atoms with van der Waals surface area (Å²) < 4.78 is 26.4. The van der Waals surface area contributed by atoms with Crippen LogP contribution in [0.3, 0.4) is 0 Å². The maximum Gasteiger partial charge on any atom is 0.361 e. The molecule has 4 rings (SSSR count). The molecule has 1 unspecified atom stereocenters. The van der Waals surface area contributed by atoms with Gasteiger partial charge in [0.25, 0.3) is 0 Å². The van der Waals surface area contributed by atoms with Gasteiger partial charge in [-0.3, -0.25) is 0 Å². The Balaban J connectivity index is 2.03. The summed E-state index contributed by atoms with van der Waals surface area (Å²) in [5, 5.41) is 13.2. The lowest BCUT2D eigenvalue weighted by molar-refractivity contribution is -0.142. The van der Waals surface area contributed by atoms with Gasteiger partial charge in [0, 0.05) is 16.7 Å². The van der Waals surface area contributed by atoms with Crippen molar-refractivity contribution in [2.75, 3.05) is 19.6 Å². The average Bonchev–Trinajstić information content (AvgIpc) is 2.90. The first-order valence-corrected chi connectivity index (χ1v) is 11.0. The van der Waals surface area contributed by atoms with Crippen molar-refractivity contribution in [1.29, 1.82) is 0 Å². The van der Waals surface area contributed by atoms with Crippen LogP contribution in [0.2, 0.25) is 5.02 Å². The van der Waals surface area contributed by atoms with E-state index in [9.17, 15) is 23.1 Å². The van der Waals surface area contributed by atoms with Gasteiger partial charge in [-0.05, 0) is 50.2 Å². The standard InChI is InChI=1S/C20H19ClN2O5S/c21-14-5-7-15(8-6-14)29(27,28)23(13-18(24)25)17-4-2-1-3-16(17)20(19(23)26)9-11-22-12-10-20/h1-8,22H,9-13H2/p+1. The highest BCUT2D eigenvalue weighted by molar-refractivity contribution is 7.91. The summed E-state index contributed by atoms with van der Waals surface area (Å²) in [5.41, 5.74) is -0.210. The smallest absolute Gasteiger partial charge is 0.361 e. The molecule has 2 heterocycles. The van der Waals surface area contributed by atoms with Gasteiger partial charge in [-0.25, -0.2) is 9.59 Å². The number of nitrogens with zero attached hydrogens (tertiary/aromatic N) is 1. The first-order chi connectivity index (χ1) is 13.8. The fourth-order valence-electron chi connectivity index (χ4n) is 4.56. The largest absolute Gasteiger partial charge is 0.477 e. The summed E-state index contributed by atoms with van der Waals surface area (Å²) in [6, 6.07) is 12.1. The van der Waals surface area contributed by atoms with E-state index in [0.717, 1.165) is 0 Å². The van der Waals surface area contributed by atoms with Gasteiger partial charge >= 0.3 is 21.9 Å². The molecule has 0 aromatic heterocycles. The summed E-state index contributed by atoms with van der Waals surface area (Å²) in [7, 11) is -4.42. The number of halogens is 1. The summed E-state index contributed by atoms with van der Waals surface area (Å²) in [6.45, 7) is 0.220. The van der Waals surface area contributed by atoms with Gasteiger partial charge in [0.15, 0.2) is 5.69 Å². The third-order valence-electron chi connectivity index (χ3n) is 5.88. The number of fused-ring (bicyclic) bond motifs is 2. The molecule has 2 aromatic carbocycles. The van der Waals surface area contributed by atoms with Crippen molar-refractivity contribution in [2.45, 2.75) is 23.2 Å². The SMILES string of the molecule is O=C(O)C[N+]1(S(=O)(=O)c2ccc(Cl)cc2)C(=O)C2(CCNCC2)c2ccccc21. The molecular weight excluding hydrogens is 416 g/mol. The van der Waals surface area contributed by atoms with Crippen molar-refractivity contribution in [3.8, 4) is 0 Å². The number of piperidine rings is 1. The Morgan fingerprint density at radius 2 is 1.72 bits per heavy atom. The van der Waals surface area contributed by atoms with E-state index in [1.807, 2.05) is 0 Å². The minimum absolute atomic E-state index is 0.141. The lowest BCUT2D eigenvalue weighted by atomic mass is 9.74. The lowest BCUT2D eigenvalue weighted by Crippen LogP contribution is -2.63. The maximum atomic E-state index is 14.0. The molecule has 0 saturated carbocycles. The number of amides is 1. The number of hydrogen-bond acceptors (Lipinski definition) is 5. The number of rotatable bonds is 4. The zero-order valence-corrected chi connectivity index (χ0v) is 17.0. The Bertz CT molecular complexity index is 1090. The van der Waals surface area contributed by atoms with Gasteiger partial charge in [-0.15, -0.1) is 3.89 Å². The molecule has 29 heavy (non-hydrogen) atoms. The maximum absolute atomic E-state index is 14.0. The second kappa shape index (κ2) is 6.91. The molecule has 2 N–H and O–H groups in total. The van der Waals surface area contributed by atoms with Crippen LogP contribution in [-0.4, -0.2) is 45.0 Å². The van der Waals surface area contributed by atoms with Crippen molar-refractivity contribution < 1.29 is 23.1 Å². The summed E-state index contributed by atoms with van der Waals surface area (Å²) in [4.78, 5) is 25.7. The van der Waals surface area contributed by atoms with E-state index in [1.165, 1.54) is 24.3 Å². The van der Waals surface area contributed by atoms with Gasteiger partial charge in [-0.2, -0.15) is 8.42 Å². The molecule has 2 aromatic rings. The zero-order chi connectivity index (χ0) is 20.9. The first-order valence-electron chi connectivity index (χ1n) is 9.22. The van der Waals surface area contributed by atoms with Crippen LogP contribution in [0.4, 0.5) is 5.69 Å². The van der Waals surface area contributed by atoms with Crippen LogP contribution in [0.1, 0.15) is 18.4 Å². The Morgan fingerprint density at radius 3 is 2.34 bits per heavy atom. The molecule has 0 radical (unpaired) electrons. The van der Waals surface area contributed by atoms with Crippen LogP contribution >= 0.6 is 11.6 Å². The highest BCUT2D eigenvalue weighted by Crippen LogP contribution is 2.53. The lowest BCUT2D eigenvalue weighted by Gasteiger charge is -2.34. The van der Waals surface area contributed by atoms with E-state index in [4.69, 9.17) is 11.6 Å². The van der Waals surface area contributed by atoms with E-state index in [-0.39, 0.29) is 10.6 Å². The molecule has 1 amide bonds. The first kappa shape index (κ1) is 20.0. The number of aliphatic carboxylic acids is 1. The average molecular weight is 436 g/mol. The van der Waals surface area contributed by atoms with Crippen molar-refractivity contribution in [3.05, 3.63) is 59.1 Å². The topological polar surface area (TPSA) is 101 Å². The molecule has 0 aliphatic carbocycles. The molecule has 2 aliphatic heterocycles. The fraction of sp³-hybridized carbons (Fsp3) is 0.300. The van der Waals surface area contributed by atoms with Crippen molar-refractivity contribution in [3.63, 3.8) is 0 Å². The Morgan fingerprint density at radius 1 is 1.10 bits per heavy atom.